The van der Waals surface area contributed by atoms with E-state index in [1.165, 1.54) is 0 Å². The van der Waals surface area contributed by atoms with Gasteiger partial charge < -0.3 is 0 Å². The first kappa shape index (κ1) is 3.53. The molecule has 1 nitrogen and oxygen atoms in total. The molecular formula is C4H3BO. The summed E-state index contributed by atoms with van der Waals surface area (Å²) in [6.07, 6.45) is 2.60. The molecule has 0 atom stereocenters. The molecule has 0 aliphatic carbocycles. The van der Waals surface area contributed by atoms with Crippen molar-refractivity contribution in [2.75, 3.05) is 0 Å². The zero-order chi connectivity index (χ0) is 4.41. The van der Waals surface area contributed by atoms with Crippen molar-refractivity contribution in [1.82, 2.24) is 0 Å². The van der Waals surface area contributed by atoms with E-state index in [1.54, 1.807) is 13.0 Å². The number of hydrogen-bond donors (Lipinski definition) is 0. The van der Waals surface area contributed by atoms with Gasteiger partial charge in [0, 0.05) is 0 Å². The molecule has 6 heavy (non-hydrogen) atoms. The van der Waals surface area contributed by atoms with Gasteiger partial charge >= 0.3 is 35.5 Å². The standard InChI is InChI=1S/C4H3BO/c6-3-4-1-2-5-4/h1-3H. The summed E-state index contributed by atoms with van der Waals surface area (Å²) in [6, 6.07) is 0. The monoisotopic (exact) mass is 78.0 g/mol. The van der Waals surface area contributed by atoms with Crippen LogP contribution in [0.15, 0.2) is 12.1 Å². The Bertz CT molecular complexity index is 120. The summed E-state index contributed by atoms with van der Waals surface area (Å²) >= 11 is 0. The molecule has 1 aliphatic heterocycles. The maximum absolute atomic E-state index is 9.67. The van der Waals surface area contributed by atoms with E-state index in [9.17, 15) is 4.79 Å². The molecule has 1 rings (SSSR count). The molecule has 28 valence electrons. The van der Waals surface area contributed by atoms with Crippen LogP contribution >= 0.6 is 0 Å². The molecule has 0 aromatic rings. The molecule has 0 amide bonds. The minimum atomic E-state index is 0.787. The molecule has 1 aliphatic rings. The van der Waals surface area contributed by atoms with Gasteiger partial charge in [0.15, 0.2) is 0 Å². The molecule has 0 radical (unpaired) electrons. The number of carbonyl (C=O) groups excluding carboxylic acids is 1. The molecule has 0 aromatic heterocycles. The quantitative estimate of drug-likeness (QED) is 0.307. The maximum atomic E-state index is 9.67. The average Bonchev–Trinajstić information content (AvgIpc) is 1.31. The topological polar surface area (TPSA) is 17.1 Å². The van der Waals surface area contributed by atoms with Crippen molar-refractivity contribution < 1.29 is 4.79 Å². The SMILES string of the molecule is O=CC1=BC=C1. The van der Waals surface area contributed by atoms with Gasteiger partial charge in [-0.15, -0.1) is 0 Å². The number of carbonyl (C=O) groups is 1. The van der Waals surface area contributed by atoms with Crippen LogP contribution in [-0.4, -0.2) is 18.7 Å². The van der Waals surface area contributed by atoms with Gasteiger partial charge in [0.25, 0.3) is 0 Å². The molecule has 0 unspecified atom stereocenters. The molecule has 0 N–H and O–H groups in total. The van der Waals surface area contributed by atoms with Crippen molar-refractivity contribution in [1.29, 1.82) is 0 Å². The summed E-state index contributed by atoms with van der Waals surface area (Å²) in [7, 11) is 0. The van der Waals surface area contributed by atoms with Gasteiger partial charge in [0.05, 0.1) is 0 Å². The predicted octanol–water partition coefficient (Wildman–Crippen LogP) is -0.411. The van der Waals surface area contributed by atoms with Gasteiger partial charge in [0.1, 0.15) is 0 Å². The zero-order valence-electron chi connectivity index (χ0n) is 3.22. The fraction of sp³-hybridized carbons (Fsp3) is 0. The molecule has 2 heteroatoms. The Hall–Kier alpha value is -0.655. The van der Waals surface area contributed by atoms with Crippen molar-refractivity contribution in [2.24, 2.45) is 0 Å². The Morgan fingerprint density at radius 2 is 2.50 bits per heavy atom. The van der Waals surface area contributed by atoms with Gasteiger partial charge in [-0.3, -0.25) is 0 Å². The van der Waals surface area contributed by atoms with Crippen LogP contribution in [0.25, 0.3) is 0 Å². The second-order valence-electron chi connectivity index (χ2n) is 1.14. The summed E-state index contributed by atoms with van der Waals surface area (Å²) in [5.41, 5.74) is 0.787. The summed E-state index contributed by atoms with van der Waals surface area (Å²) in [5.74, 6) is 1.84. The van der Waals surface area contributed by atoms with Crippen LogP contribution in [0.1, 0.15) is 0 Å². The van der Waals surface area contributed by atoms with E-state index in [4.69, 9.17) is 0 Å². The normalized spacial score (nSPS) is 14.3. The minimum absolute atomic E-state index is 0.787. The van der Waals surface area contributed by atoms with Crippen molar-refractivity contribution in [2.45, 2.75) is 0 Å². The van der Waals surface area contributed by atoms with E-state index in [0.717, 1.165) is 11.7 Å². The van der Waals surface area contributed by atoms with Gasteiger partial charge in [-0.25, -0.2) is 0 Å². The average molecular weight is 77.9 g/mol. The summed E-state index contributed by atoms with van der Waals surface area (Å²) in [4.78, 5) is 9.67. The first-order chi connectivity index (χ1) is 2.93. The molecule has 0 aromatic carbocycles. The van der Waals surface area contributed by atoms with E-state index in [2.05, 4.69) is 0 Å². The van der Waals surface area contributed by atoms with E-state index >= 15 is 0 Å². The zero-order valence-corrected chi connectivity index (χ0v) is 3.22. The number of rotatable bonds is 1. The molecule has 0 bridgehead atoms. The number of aldehydes is 1. The predicted molar refractivity (Wildman–Crippen MR) is 26.0 cm³/mol. The molecule has 0 spiro atoms. The van der Waals surface area contributed by atoms with Crippen LogP contribution < -0.4 is 0 Å². The van der Waals surface area contributed by atoms with Crippen molar-refractivity contribution in [3.63, 3.8) is 0 Å². The van der Waals surface area contributed by atoms with Gasteiger partial charge in [0.2, 0.25) is 0 Å². The number of hydrogen-bond acceptors (Lipinski definition) is 1. The molecule has 0 fully saturated rings. The fourth-order valence-electron chi connectivity index (χ4n) is 0.286. The Morgan fingerprint density at radius 3 is 2.50 bits per heavy atom. The van der Waals surface area contributed by atoms with Crippen LogP contribution in [0.4, 0.5) is 0 Å². The van der Waals surface area contributed by atoms with Gasteiger partial charge in [-0.1, -0.05) is 0 Å². The number of allylic oxidation sites excluding steroid dienone is 1. The molecule has 1 heterocycles. The summed E-state index contributed by atoms with van der Waals surface area (Å²) in [5, 5.41) is 0. The Balaban J connectivity index is 2.57. The van der Waals surface area contributed by atoms with E-state index in [-0.39, 0.29) is 0 Å². The second kappa shape index (κ2) is 1.21. The summed E-state index contributed by atoms with van der Waals surface area (Å²) in [6.45, 7) is 1.77. The second-order valence-corrected chi connectivity index (χ2v) is 1.14. The first-order valence-corrected chi connectivity index (χ1v) is 1.77. The van der Waals surface area contributed by atoms with Gasteiger partial charge in [-0.05, 0) is 0 Å². The van der Waals surface area contributed by atoms with Crippen molar-refractivity contribution in [3.8, 4) is 0 Å². The summed E-state index contributed by atoms with van der Waals surface area (Å²) < 4.78 is 0. The van der Waals surface area contributed by atoms with Crippen molar-refractivity contribution >= 4 is 18.7 Å². The Morgan fingerprint density at radius 1 is 1.83 bits per heavy atom. The van der Waals surface area contributed by atoms with Crippen LogP contribution in [0.2, 0.25) is 0 Å². The first-order valence-electron chi connectivity index (χ1n) is 1.77. The third-order valence-electron chi connectivity index (χ3n) is 0.713. The van der Waals surface area contributed by atoms with Crippen LogP contribution in [0, 0.1) is 0 Å². The Kier molecular flexibility index (Phi) is 0.711. The Labute approximate surface area is 36.6 Å². The van der Waals surface area contributed by atoms with Crippen LogP contribution in [0.3, 0.4) is 0 Å². The van der Waals surface area contributed by atoms with E-state index in [1.807, 2.05) is 5.98 Å². The van der Waals surface area contributed by atoms with E-state index < -0.39 is 0 Å². The van der Waals surface area contributed by atoms with E-state index in [0.29, 0.717) is 0 Å². The van der Waals surface area contributed by atoms with Crippen LogP contribution in [0.5, 0.6) is 0 Å². The third kappa shape index (κ3) is 0.341. The van der Waals surface area contributed by atoms with Crippen LogP contribution in [-0.2, 0) is 4.79 Å². The van der Waals surface area contributed by atoms with Gasteiger partial charge in [-0.2, -0.15) is 0 Å². The molecular weight excluding hydrogens is 74.9 g/mol. The molecule has 0 saturated heterocycles. The van der Waals surface area contributed by atoms with Crippen molar-refractivity contribution in [3.05, 3.63) is 12.1 Å². The fourth-order valence-corrected chi connectivity index (χ4v) is 0.286. The molecule has 0 saturated carbocycles. The third-order valence-corrected chi connectivity index (χ3v) is 0.713.